The van der Waals surface area contributed by atoms with Crippen LogP contribution >= 0.6 is 7.37 Å². The van der Waals surface area contributed by atoms with Gasteiger partial charge in [0.15, 0.2) is 6.79 Å². The standard InChI is InChI=1S/C29H37N2O8P/c1-29(2,3)28(35)37-20-38-40(36,19-25(32)39-27(34)24-15-10-16-30-24)18-23(17-21-11-6-4-7-12-21)31-26(33)22-13-8-5-9-14-22/h4-9,11-14,23-24,30H,10,15-20H2,1-3H3,(H,31,33)/t23?,24-,40?/m0/s1. The normalized spacial score (nSPS) is 17.3. The Bertz CT molecular complexity index is 1210. The fourth-order valence-electron chi connectivity index (χ4n) is 4.11. The molecule has 0 saturated carbocycles. The zero-order valence-corrected chi connectivity index (χ0v) is 24.0. The number of carbonyl (C=O) groups excluding carboxylic acids is 4. The first-order chi connectivity index (χ1) is 18.9. The minimum atomic E-state index is -3.95. The fraction of sp³-hybridized carbons (Fsp3) is 0.448. The van der Waals surface area contributed by atoms with Crippen LogP contribution in [0.15, 0.2) is 60.7 Å². The van der Waals surface area contributed by atoms with Gasteiger partial charge < -0.3 is 20.1 Å². The summed E-state index contributed by atoms with van der Waals surface area (Å²) in [5.41, 5.74) is 0.438. The lowest BCUT2D eigenvalue weighted by molar-refractivity contribution is -0.159. The number of hydrogen-bond acceptors (Lipinski definition) is 9. The SMILES string of the molecule is CC(C)(C)C(=O)OCOP(=O)(CC(=O)OC(=O)[C@@H]1CCCN1)CC(Cc1ccccc1)NC(=O)c1ccccc1. The lowest BCUT2D eigenvalue weighted by atomic mass is 9.98. The second kappa shape index (κ2) is 14.3. The van der Waals surface area contributed by atoms with Crippen LogP contribution in [-0.4, -0.2) is 61.6 Å². The van der Waals surface area contributed by atoms with E-state index in [1.165, 1.54) is 0 Å². The van der Waals surface area contributed by atoms with Crippen LogP contribution in [0.4, 0.5) is 0 Å². The molecule has 2 unspecified atom stereocenters. The molecule has 1 heterocycles. The molecule has 0 spiro atoms. The maximum absolute atomic E-state index is 14.1. The van der Waals surface area contributed by atoms with Crippen LogP contribution < -0.4 is 10.6 Å². The number of esters is 3. The number of benzene rings is 2. The number of carbonyl (C=O) groups is 4. The van der Waals surface area contributed by atoms with E-state index in [4.69, 9.17) is 14.0 Å². The molecule has 1 amide bonds. The summed E-state index contributed by atoms with van der Waals surface area (Å²) in [6, 6.07) is 16.5. The van der Waals surface area contributed by atoms with E-state index >= 15 is 0 Å². The molecule has 1 fully saturated rings. The molecule has 1 aliphatic heterocycles. The first-order valence-corrected chi connectivity index (χ1v) is 15.2. The Morgan fingerprint density at radius 2 is 1.68 bits per heavy atom. The quantitative estimate of drug-likeness (QED) is 0.169. The molecule has 1 saturated heterocycles. The molecule has 3 rings (SSSR count). The van der Waals surface area contributed by atoms with E-state index in [1.807, 2.05) is 30.3 Å². The van der Waals surface area contributed by atoms with Crippen molar-refractivity contribution in [2.75, 3.05) is 25.7 Å². The Balaban J connectivity index is 1.79. The van der Waals surface area contributed by atoms with Crippen molar-refractivity contribution in [2.45, 2.75) is 52.1 Å². The molecule has 216 valence electrons. The molecule has 0 aliphatic carbocycles. The Labute approximate surface area is 234 Å². The Hall–Kier alpha value is -3.33. The minimum Gasteiger partial charge on any atom is -0.438 e. The number of nitrogens with one attached hydrogen (secondary N) is 2. The van der Waals surface area contributed by atoms with Crippen molar-refractivity contribution in [1.29, 1.82) is 0 Å². The Morgan fingerprint density at radius 3 is 2.27 bits per heavy atom. The second-order valence-corrected chi connectivity index (χ2v) is 13.3. The van der Waals surface area contributed by atoms with E-state index in [0.29, 0.717) is 18.5 Å². The van der Waals surface area contributed by atoms with Gasteiger partial charge in [-0.2, -0.15) is 0 Å². The van der Waals surface area contributed by atoms with E-state index in [-0.39, 0.29) is 12.6 Å². The highest BCUT2D eigenvalue weighted by molar-refractivity contribution is 7.60. The smallest absolute Gasteiger partial charge is 0.330 e. The van der Waals surface area contributed by atoms with Crippen LogP contribution in [0.3, 0.4) is 0 Å². The van der Waals surface area contributed by atoms with E-state index in [1.54, 1.807) is 51.1 Å². The number of ether oxygens (including phenoxy) is 2. The Kier molecular flexibility index (Phi) is 11.2. The predicted molar refractivity (Wildman–Crippen MR) is 149 cm³/mol. The molecule has 0 radical (unpaired) electrons. The van der Waals surface area contributed by atoms with Gasteiger partial charge in [-0.05, 0) is 64.3 Å². The number of rotatable bonds is 12. The van der Waals surface area contributed by atoms with Crippen LogP contribution in [0.25, 0.3) is 0 Å². The predicted octanol–water partition coefficient (Wildman–Crippen LogP) is 3.69. The zero-order chi connectivity index (χ0) is 29.2. The molecule has 2 aromatic rings. The highest BCUT2D eigenvalue weighted by atomic mass is 31.2. The van der Waals surface area contributed by atoms with E-state index in [2.05, 4.69) is 10.6 Å². The van der Waals surface area contributed by atoms with Gasteiger partial charge in [-0.1, -0.05) is 48.5 Å². The van der Waals surface area contributed by atoms with Crippen molar-refractivity contribution in [3.05, 3.63) is 71.8 Å². The highest BCUT2D eigenvalue weighted by Gasteiger charge is 2.35. The lowest BCUT2D eigenvalue weighted by Crippen LogP contribution is -2.40. The zero-order valence-electron chi connectivity index (χ0n) is 23.1. The van der Waals surface area contributed by atoms with Gasteiger partial charge in [-0.3, -0.25) is 23.5 Å². The average Bonchev–Trinajstić information content (AvgIpc) is 3.44. The summed E-state index contributed by atoms with van der Waals surface area (Å²) in [5, 5.41) is 5.84. The van der Waals surface area contributed by atoms with Gasteiger partial charge in [0.2, 0.25) is 7.37 Å². The molecule has 40 heavy (non-hydrogen) atoms. The topological polar surface area (TPSA) is 137 Å². The third-order valence-electron chi connectivity index (χ3n) is 6.21. The third-order valence-corrected chi connectivity index (χ3v) is 8.53. The molecule has 3 atom stereocenters. The monoisotopic (exact) mass is 572 g/mol. The van der Waals surface area contributed by atoms with Crippen molar-refractivity contribution < 1.29 is 37.7 Å². The second-order valence-electron chi connectivity index (χ2n) is 10.8. The summed E-state index contributed by atoms with van der Waals surface area (Å²) in [7, 11) is -3.95. The molecule has 2 aromatic carbocycles. The molecule has 1 aliphatic rings. The van der Waals surface area contributed by atoms with Crippen LogP contribution in [0.2, 0.25) is 0 Å². The average molecular weight is 573 g/mol. The maximum Gasteiger partial charge on any atom is 0.330 e. The van der Waals surface area contributed by atoms with Crippen LogP contribution in [0.5, 0.6) is 0 Å². The van der Waals surface area contributed by atoms with Crippen LogP contribution in [0, 0.1) is 5.41 Å². The molecule has 11 heteroatoms. The van der Waals surface area contributed by atoms with E-state index < -0.39 is 61.6 Å². The van der Waals surface area contributed by atoms with Crippen molar-refractivity contribution in [2.24, 2.45) is 5.41 Å². The van der Waals surface area contributed by atoms with Crippen LogP contribution in [-0.2, 0) is 39.4 Å². The van der Waals surface area contributed by atoms with Gasteiger partial charge in [0.25, 0.3) is 5.91 Å². The summed E-state index contributed by atoms with van der Waals surface area (Å²) in [5.74, 6) is -2.73. The molecule has 0 bridgehead atoms. The molecular formula is C29H37N2O8P. The van der Waals surface area contributed by atoms with Crippen molar-refractivity contribution in [3.8, 4) is 0 Å². The van der Waals surface area contributed by atoms with Gasteiger partial charge in [-0.15, -0.1) is 0 Å². The summed E-state index contributed by atoms with van der Waals surface area (Å²) in [6.45, 7) is 4.94. The van der Waals surface area contributed by atoms with E-state index in [9.17, 15) is 23.7 Å². The molecule has 10 nitrogen and oxygen atoms in total. The summed E-state index contributed by atoms with van der Waals surface area (Å²) >= 11 is 0. The Morgan fingerprint density at radius 1 is 1.02 bits per heavy atom. The number of hydrogen-bond donors (Lipinski definition) is 2. The van der Waals surface area contributed by atoms with Crippen molar-refractivity contribution >= 4 is 31.2 Å². The maximum atomic E-state index is 14.1. The largest absolute Gasteiger partial charge is 0.438 e. The van der Waals surface area contributed by atoms with E-state index in [0.717, 1.165) is 12.0 Å². The van der Waals surface area contributed by atoms with Crippen molar-refractivity contribution in [3.63, 3.8) is 0 Å². The summed E-state index contributed by atoms with van der Waals surface area (Å²) < 4.78 is 29.8. The van der Waals surface area contributed by atoms with Gasteiger partial charge >= 0.3 is 17.9 Å². The first-order valence-electron chi connectivity index (χ1n) is 13.2. The molecule has 0 aromatic heterocycles. The van der Waals surface area contributed by atoms with Crippen molar-refractivity contribution in [1.82, 2.24) is 10.6 Å². The van der Waals surface area contributed by atoms with Gasteiger partial charge in [-0.25, -0.2) is 4.79 Å². The molecule has 2 N–H and O–H groups in total. The first kappa shape index (κ1) is 31.2. The highest BCUT2D eigenvalue weighted by Crippen LogP contribution is 2.48. The van der Waals surface area contributed by atoms with Crippen LogP contribution in [0.1, 0.15) is 49.5 Å². The minimum absolute atomic E-state index is 0.265. The van der Waals surface area contributed by atoms with Gasteiger partial charge in [0, 0.05) is 17.8 Å². The van der Waals surface area contributed by atoms with Gasteiger partial charge in [0.05, 0.1) is 5.41 Å². The lowest BCUT2D eigenvalue weighted by Gasteiger charge is -2.25. The van der Waals surface area contributed by atoms with Gasteiger partial charge in [0.1, 0.15) is 12.2 Å². The summed E-state index contributed by atoms with van der Waals surface area (Å²) in [6.07, 6.45) is 0.600. The third kappa shape index (κ3) is 10.0. The summed E-state index contributed by atoms with van der Waals surface area (Å²) in [4.78, 5) is 50.4. The molecular weight excluding hydrogens is 535 g/mol. The number of amides is 1. The fourth-order valence-corrected chi connectivity index (χ4v) is 6.03.